The molecule has 0 saturated carbocycles. The van der Waals surface area contributed by atoms with E-state index in [1.165, 1.54) is 0 Å². The zero-order valence-electron chi connectivity index (χ0n) is 10.4. The van der Waals surface area contributed by atoms with Crippen molar-refractivity contribution in [3.8, 4) is 0 Å². The lowest BCUT2D eigenvalue weighted by Crippen LogP contribution is -2.18. The highest BCUT2D eigenvalue weighted by atomic mass is 79.9. The summed E-state index contributed by atoms with van der Waals surface area (Å²) < 4.78 is 0. The van der Waals surface area contributed by atoms with Crippen LogP contribution in [0.25, 0.3) is 0 Å². The lowest BCUT2D eigenvalue weighted by molar-refractivity contribution is -0.129. The van der Waals surface area contributed by atoms with Crippen molar-refractivity contribution in [2.75, 3.05) is 0 Å². The van der Waals surface area contributed by atoms with Gasteiger partial charge in [0, 0.05) is 10.9 Å². The van der Waals surface area contributed by atoms with Crippen molar-refractivity contribution >= 4 is 27.6 Å². The topological polar surface area (TPSA) is 58.9 Å². The molecule has 5 heteroatoms. The normalized spacial score (nSPS) is 13.2. The van der Waals surface area contributed by atoms with Gasteiger partial charge >= 0.3 is 5.97 Å². The molecule has 0 radical (unpaired) electrons. The van der Waals surface area contributed by atoms with Gasteiger partial charge in [-0.2, -0.15) is 0 Å². The molecular formula is C13H16BrNO3. The SMILES string of the molecule is CCC(C)ON=C(C(=O)O)c1ccccc1CBr. The van der Waals surface area contributed by atoms with E-state index in [4.69, 9.17) is 4.84 Å². The van der Waals surface area contributed by atoms with E-state index in [0.717, 1.165) is 12.0 Å². The molecule has 1 unspecified atom stereocenters. The number of hydrogen-bond acceptors (Lipinski definition) is 3. The Hall–Kier alpha value is -1.36. The molecule has 0 heterocycles. The predicted molar refractivity (Wildman–Crippen MR) is 74.1 cm³/mol. The standard InChI is InChI=1S/C13H16BrNO3/c1-3-9(2)18-15-12(13(16)17)11-7-5-4-6-10(11)8-14/h4-7,9H,3,8H2,1-2H3,(H,16,17). The van der Waals surface area contributed by atoms with Crippen molar-refractivity contribution in [2.45, 2.75) is 31.7 Å². The van der Waals surface area contributed by atoms with Crippen LogP contribution in [0, 0.1) is 0 Å². The van der Waals surface area contributed by atoms with Crippen molar-refractivity contribution in [1.29, 1.82) is 0 Å². The van der Waals surface area contributed by atoms with E-state index < -0.39 is 5.97 Å². The summed E-state index contributed by atoms with van der Waals surface area (Å²) in [5, 5.41) is 13.5. The van der Waals surface area contributed by atoms with Crippen molar-refractivity contribution in [1.82, 2.24) is 0 Å². The summed E-state index contributed by atoms with van der Waals surface area (Å²) >= 11 is 3.33. The molecule has 0 aromatic heterocycles. The number of aliphatic carboxylic acids is 1. The van der Waals surface area contributed by atoms with Gasteiger partial charge in [-0.25, -0.2) is 4.79 Å². The van der Waals surface area contributed by atoms with Crippen LogP contribution >= 0.6 is 15.9 Å². The Labute approximate surface area is 115 Å². The number of alkyl halides is 1. The summed E-state index contributed by atoms with van der Waals surface area (Å²) in [7, 11) is 0. The van der Waals surface area contributed by atoms with Gasteiger partial charge in [-0.15, -0.1) is 0 Å². The molecule has 1 rings (SSSR count). The average Bonchev–Trinajstić information content (AvgIpc) is 2.38. The molecular weight excluding hydrogens is 298 g/mol. The Morgan fingerprint density at radius 3 is 2.72 bits per heavy atom. The molecule has 1 aromatic carbocycles. The summed E-state index contributed by atoms with van der Waals surface area (Å²) in [5.41, 5.74) is 1.38. The molecule has 0 bridgehead atoms. The number of hydrogen-bond donors (Lipinski definition) is 1. The second-order valence-electron chi connectivity index (χ2n) is 3.86. The summed E-state index contributed by atoms with van der Waals surface area (Å²) in [5.74, 6) is -1.09. The summed E-state index contributed by atoms with van der Waals surface area (Å²) in [6.45, 7) is 3.80. The summed E-state index contributed by atoms with van der Waals surface area (Å²) in [4.78, 5) is 16.4. The third-order valence-corrected chi connectivity index (χ3v) is 3.12. The van der Waals surface area contributed by atoms with Gasteiger partial charge < -0.3 is 9.94 Å². The average molecular weight is 314 g/mol. The minimum atomic E-state index is -1.09. The van der Waals surface area contributed by atoms with Gasteiger partial charge in [-0.1, -0.05) is 52.3 Å². The van der Waals surface area contributed by atoms with Crippen molar-refractivity contribution < 1.29 is 14.7 Å². The fourth-order valence-corrected chi connectivity index (χ4v) is 1.78. The molecule has 0 fully saturated rings. The smallest absolute Gasteiger partial charge is 0.358 e. The van der Waals surface area contributed by atoms with E-state index in [9.17, 15) is 9.90 Å². The highest BCUT2D eigenvalue weighted by Crippen LogP contribution is 2.14. The first-order valence-electron chi connectivity index (χ1n) is 5.71. The lowest BCUT2D eigenvalue weighted by atomic mass is 10.0. The Morgan fingerprint density at radius 1 is 1.50 bits per heavy atom. The minimum Gasteiger partial charge on any atom is -0.476 e. The van der Waals surface area contributed by atoms with Crippen LogP contribution in [-0.4, -0.2) is 22.9 Å². The molecule has 4 nitrogen and oxygen atoms in total. The number of nitrogens with zero attached hydrogens (tertiary/aromatic N) is 1. The zero-order valence-corrected chi connectivity index (χ0v) is 12.0. The maximum absolute atomic E-state index is 11.2. The van der Waals surface area contributed by atoms with Gasteiger partial charge in [0.2, 0.25) is 0 Å². The molecule has 0 saturated heterocycles. The Balaban J connectivity index is 3.08. The van der Waals surface area contributed by atoms with Crippen LogP contribution in [0.5, 0.6) is 0 Å². The minimum absolute atomic E-state index is 0.0645. The van der Waals surface area contributed by atoms with Crippen molar-refractivity contribution in [3.63, 3.8) is 0 Å². The quantitative estimate of drug-likeness (QED) is 0.498. The number of halogens is 1. The second-order valence-corrected chi connectivity index (χ2v) is 4.42. The van der Waals surface area contributed by atoms with Crippen LogP contribution < -0.4 is 0 Å². The molecule has 98 valence electrons. The lowest BCUT2D eigenvalue weighted by Gasteiger charge is -2.09. The van der Waals surface area contributed by atoms with E-state index >= 15 is 0 Å². The van der Waals surface area contributed by atoms with Crippen molar-refractivity contribution in [3.05, 3.63) is 35.4 Å². The predicted octanol–water partition coefficient (Wildman–Crippen LogP) is 3.19. The number of benzene rings is 1. The first-order valence-corrected chi connectivity index (χ1v) is 6.83. The molecule has 1 aromatic rings. The first-order chi connectivity index (χ1) is 8.60. The second kappa shape index (κ2) is 7.16. The van der Waals surface area contributed by atoms with Gasteiger partial charge in [-0.05, 0) is 18.9 Å². The molecule has 0 aliphatic heterocycles. The molecule has 0 amide bonds. The third-order valence-electron chi connectivity index (χ3n) is 2.52. The van der Waals surface area contributed by atoms with Gasteiger partial charge in [0.05, 0.1) is 0 Å². The Kier molecular flexibility index (Phi) is 5.85. The molecule has 18 heavy (non-hydrogen) atoms. The molecule has 0 spiro atoms. The fourth-order valence-electron chi connectivity index (χ4n) is 1.29. The molecule has 1 atom stereocenters. The van der Waals surface area contributed by atoms with Gasteiger partial charge in [0.25, 0.3) is 0 Å². The summed E-state index contributed by atoms with van der Waals surface area (Å²) in [6.07, 6.45) is 0.673. The van der Waals surface area contributed by atoms with E-state index in [1.807, 2.05) is 26.0 Å². The largest absolute Gasteiger partial charge is 0.476 e. The zero-order chi connectivity index (χ0) is 13.5. The molecule has 0 aliphatic carbocycles. The number of carbonyl (C=O) groups is 1. The van der Waals surface area contributed by atoms with E-state index in [1.54, 1.807) is 12.1 Å². The maximum Gasteiger partial charge on any atom is 0.358 e. The highest BCUT2D eigenvalue weighted by Gasteiger charge is 2.17. The van der Waals surface area contributed by atoms with E-state index in [2.05, 4.69) is 21.1 Å². The van der Waals surface area contributed by atoms with E-state index in [-0.39, 0.29) is 11.8 Å². The van der Waals surface area contributed by atoms with Crippen LogP contribution in [-0.2, 0) is 15.0 Å². The fraction of sp³-hybridized carbons (Fsp3) is 0.385. The van der Waals surface area contributed by atoms with Crippen LogP contribution in [0.3, 0.4) is 0 Å². The van der Waals surface area contributed by atoms with Crippen LogP contribution in [0.1, 0.15) is 31.4 Å². The Bertz CT molecular complexity index is 446. The molecule has 0 aliphatic rings. The number of rotatable bonds is 6. The van der Waals surface area contributed by atoms with Crippen molar-refractivity contribution in [2.24, 2.45) is 5.16 Å². The third kappa shape index (κ3) is 3.84. The first kappa shape index (κ1) is 14.7. The number of carboxylic acid groups (broad SMARTS) is 1. The van der Waals surface area contributed by atoms with Crippen LogP contribution in [0.2, 0.25) is 0 Å². The van der Waals surface area contributed by atoms with Crippen LogP contribution in [0.4, 0.5) is 0 Å². The summed E-state index contributed by atoms with van der Waals surface area (Å²) in [6, 6.07) is 7.22. The Morgan fingerprint density at radius 2 is 2.17 bits per heavy atom. The van der Waals surface area contributed by atoms with E-state index in [0.29, 0.717) is 10.9 Å². The van der Waals surface area contributed by atoms with Crippen LogP contribution in [0.15, 0.2) is 29.4 Å². The monoisotopic (exact) mass is 313 g/mol. The highest BCUT2D eigenvalue weighted by molar-refractivity contribution is 9.08. The number of carboxylic acids is 1. The maximum atomic E-state index is 11.2. The number of oxime groups is 1. The van der Waals surface area contributed by atoms with Gasteiger partial charge in [0.1, 0.15) is 6.10 Å². The molecule has 1 N–H and O–H groups in total. The van der Waals surface area contributed by atoms with Gasteiger partial charge in [-0.3, -0.25) is 0 Å². The van der Waals surface area contributed by atoms with Gasteiger partial charge in [0.15, 0.2) is 5.71 Å².